The number of fused-ring (bicyclic) bond motifs is 1. The lowest BCUT2D eigenvalue weighted by molar-refractivity contribution is 0.435. The topological polar surface area (TPSA) is 38.9 Å². The highest BCUT2D eigenvalue weighted by Crippen LogP contribution is 2.28. The minimum absolute atomic E-state index is 0.0999. The molecule has 2 heteroatoms. The van der Waals surface area contributed by atoms with Gasteiger partial charge in [0.2, 0.25) is 0 Å². The van der Waals surface area contributed by atoms with Crippen molar-refractivity contribution in [1.82, 2.24) is 4.98 Å². The minimum Gasteiger partial charge on any atom is -0.324 e. The molecule has 0 saturated carbocycles. The summed E-state index contributed by atoms with van der Waals surface area (Å²) in [5, 5.41) is 1.19. The third-order valence-electron chi connectivity index (χ3n) is 3.40. The van der Waals surface area contributed by atoms with Crippen LogP contribution in [0.1, 0.15) is 38.3 Å². The van der Waals surface area contributed by atoms with Crippen LogP contribution in [0.2, 0.25) is 0 Å². The zero-order valence-electron chi connectivity index (χ0n) is 10.6. The SMILES string of the molecule is CCCC(C)C(N)c1cccc2ncccc12. The summed E-state index contributed by atoms with van der Waals surface area (Å²) in [6.07, 6.45) is 4.17. The highest BCUT2D eigenvalue weighted by molar-refractivity contribution is 5.82. The Morgan fingerprint density at radius 3 is 2.82 bits per heavy atom. The molecular weight excluding hydrogens is 208 g/mol. The fourth-order valence-corrected chi connectivity index (χ4v) is 2.36. The van der Waals surface area contributed by atoms with Gasteiger partial charge in [0.1, 0.15) is 0 Å². The average Bonchev–Trinajstić information content (AvgIpc) is 2.37. The number of aromatic nitrogens is 1. The molecule has 0 aliphatic heterocycles. The number of nitrogens with zero attached hydrogens (tertiary/aromatic N) is 1. The molecule has 2 unspecified atom stereocenters. The zero-order valence-corrected chi connectivity index (χ0v) is 10.6. The molecule has 1 aromatic heterocycles. The maximum atomic E-state index is 6.36. The summed E-state index contributed by atoms with van der Waals surface area (Å²) in [6.45, 7) is 4.43. The summed E-state index contributed by atoms with van der Waals surface area (Å²) in [4.78, 5) is 4.37. The van der Waals surface area contributed by atoms with E-state index in [2.05, 4.69) is 31.0 Å². The molecule has 0 spiro atoms. The Morgan fingerprint density at radius 1 is 1.24 bits per heavy atom. The van der Waals surface area contributed by atoms with E-state index in [1.54, 1.807) is 0 Å². The van der Waals surface area contributed by atoms with Gasteiger partial charge < -0.3 is 5.73 Å². The number of hydrogen-bond donors (Lipinski definition) is 1. The molecule has 2 nitrogen and oxygen atoms in total. The second-order valence-electron chi connectivity index (χ2n) is 4.71. The van der Waals surface area contributed by atoms with Gasteiger partial charge in [0.15, 0.2) is 0 Å². The van der Waals surface area contributed by atoms with Gasteiger partial charge in [-0.3, -0.25) is 4.98 Å². The van der Waals surface area contributed by atoms with Gasteiger partial charge in [-0.2, -0.15) is 0 Å². The maximum absolute atomic E-state index is 6.36. The number of rotatable bonds is 4. The Hall–Kier alpha value is -1.41. The predicted molar refractivity (Wildman–Crippen MR) is 72.7 cm³/mol. The molecule has 90 valence electrons. The van der Waals surface area contributed by atoms with Crippen LogP contribution in [0.4, 0.5) is 0 Å². The summed E-state index contributed by atoms with van der Waals surface area (Å²) >= 11 is 0. The van der Waals surface area contributed by atoms with Crippen molar-refractivity contribution in [1.29, 1.82) is 0 Å². The second-order valence-corrected chi connectivity index (χ2v) is 4.71. The standard InChI is InChI=1S/C15H20N2/c1-3-6-11(2)15(16)13-7-4-9-14-12(13)8-5-10-17-14/h4-5,7-11,15H,3,6,16H2,1-2H3. The monoisotopic (exact) mass is 228 g/mol. The molecule has 1 heterocycles. The van der Waals surface area contributed by atoms with E-state index in [0.717, 1.165) is 11.9 Å². The fourth-order valence-electron chi connectivity index (χ4n) is 2.36. The lowest BCUT2D eigenvalue weighted by atomic mass is 9.90. The van der Waals surface area contributed by atoms with Crippen LogP contribution in [0.25, 0.3) is 10.9 Å². The van der Waals surface area contributed by atoms with Gasteiger partial charge in [-0.15, -0.1) is 0 Å². The van der Waals surface area contributed by atoms with Crippen molar-refractivity contribution in [3.8, 4) is 0 Å². The fraction of sp³-hybridized carbons (Fsp3) is 0.400. The molecule has 0 saturated heterocycles. The Balaban J connectivity index is 2.41. The second kappa shape index (κ2) is 5.28. The van der Waals surface area contributed by atoms with E-state index < -0.39 is 0 Å². The van der Waals surface area contributed by atoms with Gasteiger partial charge in [-0.05, 0) is 30.0 Å². The molecule has 0 radical (unpaired) electrons. The smallest absolute Gasteiger partial charge is 0.0705 e. The number of hydrogen-bond acceptors (Lipinski definition) is 2. The molecule has 2 aromatic rings. The first-order chi connectivity index (χ1) is 8.24. The molecule has 2 rings (SSSR count). The van der Waals surface area contributed by atoms with Crippen molar-refractivity contribution in [3.05, 3.63) is 42.1 Å². The van der Waals surface area contributed by atoms with Crippen molar-refractivity contribution in [2.75, 3.05) is 0 Å². The van der Waals surface area contributed by atoms with Crippen LogP contribution in [0, 0.1) is 5.92 Å². The van der Waals surface area contributed by atoms with Crippen molar-refractivity contribution in [2.45, 2.75) is 32.7 Å². The first kappa shape index (κ1) is 12.1. The number of benzene rings is 1. The Kier molecular flexibility index (Phi) is 3.75. The van der Waals surface area contributed by atoms with Gasteiger partial charge in [-0.1, -0.05) is 38.5 Å². The molecule has 1 aromatic carbocycles. The third kappa shape index (κ3) is 2.47. The third-order valence-corrected chi connectivity index (χ3v) is 3.40. The van der Waals surface area contributed by atoms with Crippen molar-refractivity contribution in [3.63, 3.8) is 0 Å². The molecule has 0 aliphatic carbocycles. The zero-order chi connectivity index (χ0) is 12.3. The van der Waals surface area contributed by atoms with Gasteiger partial charge in [0.05, 0.1) is 5.52 Å². The van der Waals surface area contributed by atoms with E-state index in [-0.39, 0.29) is 6.04 Å². The quantitative estimate of drug-likeness (QED) is 0.867. The summed E-state index contributed by atoms with van der Waals surface area (Å²) in [5.41, 5.74) is 8.61. The molecule has 17 heavy (non-hydrogen) atoms. The highest BCUT2D eigenvalue weighted by Gasteiger charge is 2.16. The molecule has 2 N–H and O–H groups in total. The molecule has 2 atom stereocenters. The normalized spacial score (nSPS) is 14.8. The highest BCUT2D eigenvalue weighted by atomic mass is 14.7. The Labute approximate surface area is 103 Å². The van der Waals surface area contributed by atoms with Gasteiger partial charge in [0, 0.05) is 17.6 Å². The summed E-state index contributed by atoms with van der Waals surface area (Å²) in [7, 11) is 0. The van der Waals surface area contributed by atoms with E-state index in [1.807, 2.05) is 24.4 Å². The molecule has 0 fully saturated rings. The maximum Gasteiger partial charge on any atom is 0.0705 e. The first-order valence-electron chi connectivity index (χ1n) is 6.33. The minimum atomic E-state index is 0.0999. The van der Waals surface area contributed by atoms with Crippen molar-refractivity contribution in [2.24, 2.45) is 11.7 Å². The Bertz CT molecular complexity index is 488. The number of pyridine rings is 1. The van der Waals surface area contributed by atoms with Crippen LogP contribution < -0.4 is 5.73 Å². The average molecular weight is 228 g/mol. The summed E-state index contributed by atoms with van der Waals surface area (Å²) < 4.78 is 0. The van der Waals surface area contributed by atoms with E-state index in [9.17, 15) is 0 Å². The lowest BCUT2D eigenvalue weighted by Crippen LogP contribution is -2.19. The summed E-state index contributed by atoms with van der Waals surface area (Å²) in [6, 6.07) is 10.4. The van der Waals surface area contributed by atoms with E-state index in [0.29, 0.717) is 5.92 Å². The van der Waals surface area contributed by atoms with Gasteiger partial charge in [0.25, 0.3) is 0 Å². The predicted octanol–water partition coefficient (Wildman–Crippen LogP) is 3.67. The van der Waals surface area contributed by atoms with Crippen LogP contribution in [0.3, 0.4) is 0 Å². The van der Waals surface area contributed by atoms with E-state index in [1.165, 1.54) is 17.4 Å². The van der Waals surface area contributed by atoms with Crippen LogP contribution in [-0.4, -0.2) is 4.98 Å². The van der Waals surface area contributed by atoms with Crippen LogP contribution >= 0.6 is 0 Å². The van der Waals surface area contributed by atoms with Crippen molar-refractivity contribution < 1.29 is 0 Å². The van der Waals surface area contributed by atoms with E-state index >= 15 is 0 Å². The first-order valence-corrected chi connectivity index (χ1v) is 6.33. The van der Waals surface area contributed by atoms with E-state index in [4.69, 9.17) is 5.73 Å². The van der Waals surface area contributed by atoms with Crippen molar-refractivity contribution >= 4 is 10.9 Å². The van der Waals surface area contributed by atoms with Gasteiger partial charge in [-0.25, -0.2) is 0 Å². The van der Waals surface area contributed by atoms with Crippen LogP contribution in [0.15, 0.2) is 36.5 Å². The van der Waals surface area contributed by atoms with Crippen LogP contribution in [-0.2, 0) is 0 Å². The molecule has 0 aliphatic rings. The van der Waals surface area contributed by atoms with Gasteiger partial charge >= 0.3 is 0 Å². The molecule has 0 amide bonds. The number of nitrogens with two attached hydrogens (primary N) is 1. The molecular formula is C15H20N2. The Morgan fingerprint density at radius 2 is 2.06 bits per heavy atom. The lowest BCUT2D eigenvalue weighted by Gasteiger charge is -2.21. The molecule has 0 bridgehead atoms. The largest absolute Gasteiger partial charge is 0.324 e. The summed E-state index contributed by atoms with van der Waals surface area (Å²) in [5.74, 6) is 0.505. The van der Waals surface area contributed by atoms with Crippen LogP contribution in [0.5, 0.6) is 0 Å².